The molecule has 0 spiro atoms. The van der Waals surface area contributed by atoms with E-state index in [1.807, 2.05) is 24.4 Å². The van der Waals surface area contributed by atoms with E-state index in [1.165, 1.54) is 4.68 Å². The number of hydrogen-bond donors (Lipinski definition) is 2. The van der Waals surface area contributed by atoms with E-state index in [1.54, 1.807) is 17.5 Å². The molecule has 3 N–H and O–H groups in total. The minimum absolute atomic E-state index is 0.00926. The second-order valence-corrected chi connectivity index (χ2v) is 4.90. The average Bonchev–Trinajstić information content (AvgIpc) is 2.98. The summed E-state index contributed by atoms with van der Waals surface area (Å²) in [4.78, 5) is 12.9. The minimum Gasteiger partial charge on any atom is -0.347 e. The average molecular weight is 265 g/mol. The fourth-order valence-corrected chi connectivity index (χ4v) is 2.29. The van der Waals surface area contributed by atoms with Crippen molar-refractivity contribution in [3.05, 3.63) is 34.3 Å². The lowest BCUT2D eigenvalue weighted by Crippen LogP contribution is -2.29. The Bertz CT molecular complexity index is 507. The smallest absolute Gasteiger partial charge is 0.242 e. The van der Waals surface area contributed by atoms with Gasteiger partial charge >= 0.3 is 0 Å². The fourth-order valence-electron chi connectivity index (χ4n) is 1.55. The Morgan fingerprint density at radius 3 is 3.11 bits per heavy atom. The van der Waals surface area contributed by atoms with E-state index in [9.17, 15) is 4.79 Å². The van der Waals surface area contributed by atoms with Crippen LogP contribution in [0.15, 0.2) is 23.7 Å². The van der Waals surface area contributed by atoms with Gasteiger partial charge in [0.2, 0.25) is 5.91 Å². The first-order chi connectivity index (χ1) is 8.69. The second-order valence-electron chi connectivity index (χ2n) is 3.92. The number of amides is 1. The van der Waals surface area contributed by atoms with Crippen molar-refractivity contribution in [2.24, 2.45) is 5.73 Å². The van der Waals surface area contributed by atoms with E-state index in [4.69, 9.17) is 5.73 Å². The molecule has 2 rings (SSSR count). The van der Waals surface area contributed by atoms with Crippen molar-refractivity contribution in [3.63, 3.8) is 0 Å². The molecule has 2 aromatic heterocycles. The number of nitrogens with one attached hydrogen (secondary N) is 1. The number of nitrogens with zero attached hydrogens (tertiary/aromatic N) is 3. The Kier molecular flexibility index (Phi) is 4.06. The molecule has 2 aromatic rings. The Morgan fingerprint density at radius 2 is 2.50 bits per heavy atom. The van der Waals surface area contributed by atoms with Crippen LogP contribution in [0.3, 0.4) is 0 Å². The third-order valence-corrected chi connectivity index (χ3v) is 3.50. The van der Waals surface area contributed by atoms with Crippen LogP contribution in [-0.4, -0.2) is 20.9 Å². The van der Waals surface area contributed by atoms with E-state index < -0.39 is 0 Å². The van der Waals surface area contributed by atoms with Gasteiger partial charge in [-0.25, -0.2) is 4.68 Å². The zero-order chi connectivity index (χ0) is 13.0. The molecule has 1 unspecified atom stereocenters. The maximum Gasteiger partial charge on any atom is 0.242 e. The molecule has 0 bridgehead atoms. The van der Waals surface area contributed by atoms with Gasteiger partial charge in [0.05, 0.1) is 17.9 Å². The van der Waals surface area contributed by atoms with Gasteiger partial charge in [0.1, 0.15) is 6.54 Å². The van der Waals surface area contributed by atoms with Gasteiger partial charge in [-0.1, -0.05) is 11.3 Å². The summed E-state index contributed by atoms with van der Waals surface area (Å²) in [6.07, 6.45) is 1.68. The topological polar surface area (TPSA) is 85.8 Å². The van der Waals surface area contributed by atoms with E-state index in [-0.39, 0.29) is 18.5 Å². The molecule has 0 aromatic carbocycles. The fraction of sp³-hybridized carbons (Fsp3) is 0.364. The van der Waals surface area contributed by atoms with Gasteiger partial charge in [0.25, 0.3) is 0 Å². The van der Waals surface area contributed by atoms with Crippen molar-refractivity contribution in [1.29, 1.82) is 0 Å². The summed E-state index contributed by atoms with van der Waals surface area (Å²) in [5.41, 5.74) is 6.10. The summed E-state index contributed by atoms with van der Waals surface area (Å²) in [5, 5.41) is 12.6. The van der Waals surface area contributed by atoms with E-state index >= 15 is 0 Å². The van der Waals surface area contributed by atoms with Crippen LogP contribution >= 0.6 is 11.3 Å². The van der Waals surface area contributed by atoms with Crippen molar-refractivity contribution in [2.45, 2.75) is 26.1 Å². The Labute approximate surface area is 109 Å². The lowest BCUT2D eigenvalue weighted by molar-refractivity contribution is -0.122. The maximum atomic E-state index is 11.8. The molecule has 1 atom stereocenters. The van der Waals surface area contributed by atoms with E-state index in [0.29, 0.717) is 12.2 Å². The molecule has 0 saturated heterocycles. The number of hydrogen-bond acceptors (Lipinski definition) is 5. The molecule has 0 saturated carbocycles. The van der Waals surface area contributed by atoms with E-state index in [2.05, 4.69) is 15.6 Å². The molecular formula is C11H15N5OS. The molecule has 1 amide bonds. The number of nitrogens with two attached hydrogens (primary N) is 1. The molecule has 2 heterocycles. The zero-order valence-corrected chi connectivity index (χ0v) is 10.9. The minimum atomic E-state index is -0.0932. The highest BCUT2D eigenvalue weighted by Gasteiger charge is 2.11. The van der Waals surface area contributed by atoms with Crippen LogP contribution in [-0.2, 0) is 17.9 Å². The summed E-state index contributed by atoms with van der Waals surface area (Å²) < 4.78 is 1.48. The zero-order valence-electron chi connectivity index (χ0n) is 10.0. The summed E-state index contributed by atoms with van der Waals surface area (Å²) in [7, 11) is 0. The molecule has 0 fully saturated rings. The summed E-state index contributed by atoms with van der Waals surface area (Å²) in [6, 6.07) is 3.97. The van der Waals surface area contributed by atoms with Crippen molar-refractivity contribution < 1.29 is 4.79 Å². The predicted molar refractivity (Wildman–Crippen MR) is 68.8 cm³/mol. The van der Waals surface area contributed by atoms with Crippen LogP contribution in [0.4, 0.5) is 0 Å². The number of carbonyl (C=O) groups is 1. The van der Waals surface area contributed by atoms with Gasteiger partial charge in [-0.2, -0.15) is 0 Å². The SMILES string of the molecule is CC(NC(=O)Cn1cc(CN)nn1)c1cccs1. The quantitative estimate of drug-likeness (QED) is 0.832. The van der Waals surface area contributed by atoms with Crippen molar-refractivity contribution in [2.75, 3.05) is 0 Å². The van der Waals surface area contributed by atoms with E-state index in [0.717, 1.165) is 4.88 Å². The summed E-state index contributed by atoms with van der Waals surface area (Å²) in [5.74, 6) is -0.0932. The molecule has 0 radical (unpaired) electrons. The van der Waals surface area contributed by atoms with Crippen molar-refractivity contribution in [1.82, 2.24) is 20.3 Å². The summed E-state index contributed by atoms with van der Waals surface area (Å²) in [6.45, 7) is 2.44. The third kappa shape index (κ3) is 3.14. The van der Waals surface area contributed by atoms with Crippen LogP contribution in [0.25, 0.3) is 0 Å². The van der Waals surface area contributed by atoms with Crippen molar-refractivity contribution in [3.8, 4) is 0 Å². The van der Waals surface area contributed by atoms with Gasteiger partial charge in [0.15, 0.2) is 0 Å². The highest BCUT2D eigenvalue weighted by Crippen LogP contribution is 2.17. The number of carbonyl (C=O) groups excluding carboxylic acids is 1. The molecule has 0 aliphatic carbocycles. The number of thiophene rings is 1. The number of rotatable bonds is 5. The van der Waals surface area contributed by atoms with Crippen LogP contribution in [0, 0.1) is 0 Å². The normalized spacial score (nSPS) is 12.3. The Hall–Kier alpha value is -1.73. The van der Waals surface area contributed by atoms with Crippen molar-refractivity contribution >= 4 is 17.2 Å². The van der Waals surface area contributed by atoms with Gasteiger partial charge in [0, 0.05) is 11.4 Å². The first-order valence-corrected chi connectivity index (χ1v) is 6.49. The Morgan fingerprint density at radius 1 is 1.67 bits per heavy atom. The molecular weight excluding hydrogens is 250 g/mol. The Balaban J connectivity index is 1.88. The van der Waals surface area contributed by atoms with Crippen LogP contribution in [0.1, 0.15) is 23.5 Å². The lowest BCUT2D eigenvalue weighted by Gasteiger charge is -2.11. The first-order valence-electron chi connectivity index (χ1n) is 5.61. The third-order valence-electron chi connectivity index (χ3n) is 2.45. The lowest BCUT2D eigenvalue weighted by atomic mass is 10.3. The van der Waals surface area contributed by atoms with Gasteiger partial charge in [-0.15, -0.1) is 16.4 Å². The van der Waals surface area contributed by atoms with Gasteiger partial charge in [-0.3, -0.25) is 4.79 Å². The maximum absolute atomic E-state index is 11.8. The molecule has 0 aliphatic rings. The summed E-state index contributed by atoms with van der Waals surface area (Å²) >= 11 is 1.62. The molecule has 18 heavy (non-hydrogen) atoms. The second kappa shape index (κ2) is 5.74. The monoisotopic (exact) mass is 265 g/mol. The van der Waals surface area contributed by atoms with Crippen LogP contribution < -0.4 is 11.1 Å². The first kappa shape index (κ1) is 12.7. The van der Waals surface area contributed by atoms with Crippen LogP contribution in [0.2, 0.25) is 0 Å². The molecule has 0 aliphatic heterocycles. The highest BCUT2D eigenvalue weighted by molar-refractivity contribution is 7.10. The highest BCUT2D eigenvalue weighted by atomic mass is 32.1. The molecule has 7 heteroatoms. The molecule has 96 valence electrons. The van der Waals surface area contributed by atoms with Gasteiger partial charge < -0.3 is 11.1 Å². The van der Waals surface area contributed by atoms with Gasteiger partial charge in [-0.05, 0) is 18.4 Å². The largest absolute Gasteiger partial charge is 0.347 e. The number of aromatic nitrogens is 3. The predicted octanol–water partition coefficient (Wildman–Crippen LogP) is 0.676. The standard InChI is InChI=1S/C11H15N5OS/c1-8(10-3-2-4-18-10)13-11(17)7-16-6-9(5-12)14-15-16/h2-4,6,8H,5,7,12H2,1H3,(H,13,17). The van der Waals surface area contributed by atoms with Crippen LogP contribution in [0.5, 0.6) is 0 Å². The molecule has 6 nitrogen and oxygen atoms in total.